The second-order valence-electron chi connectivity index (χ2n) is 0.250. The predicted molar refractivity (Wildman–Crippen MR) is 11.4 cm³/mol. The van der Waals surface area contributed by atoms with Crippen molar-refractivity contribution in [3.05, 3.63) is 0 Å². The smallest absolute Gasteiger partial charge is 0.0431 e. The normalized spacial score (nSPS) is 5.00. The lowest BCUT2D eigenvalue weighted by molar-refractivity contribution is -0.415. The number of nitrogens with two attached hydrogens (primary N) is 1. The van der Waals surface area contributed by atoms with Crippen molar-refractivity contribution in [3.8, 4) is 0 Å². The van der Waals surface area contributed by atoms with Gasteiger partial charge in [0.2, 0.25) is 0 Å². The Morgan fingerprint density at radius 1 is 1.50 bits per heavy atom. The summed E-state index contributed by atoms with van der Waals surface area (Å²) in [7, 11) is 0. The average molecular weight is 93.0 g/mol. The molecule has 0 aliphatic rings. The minimum absolute atomic E-state index is 2.33. The van der Waals surface area contributed by atoms with E-state index in [2.05, 4.69) is 5.90 Å². The molecule has 0 atom stereocenters. The van der Waals surface area contributed by atoms with Crippen LogP contribution in [0.15, 0.2) is 0 Å². The summed E-state index contributed by atoms with van der Waals surface area (Å²) in [4.78, 5) is 8.33. The molecule has 0 fully saturated rings. The Kier molecular flexibility index (Phi) is 13.3. The van der Waals surface area contributed by atoms with Gasteiger partial charge >= 0.3 is 0 Å². The van der Waals surface area contributed by atoms with Crippen molar-refractivity contribution in [2.45, 2.75) is 0 Å². The third kappa shape index (κ3) is 23.3. The lowest BCUT2D eigenvalue weighted by Crippen LogP contribution is -2.37. The first kappa shape index (κ1) is 8.95. The van der Waals surface area contributed by atoms with Gasteiger partial charge in [-0.15, -0.1) is 0 Å². The van der Waals surface area contributed by atoms with E-state index >= 15 is 0 Å². The average Bonchev–Trinajstić information content (AvgIpc) is 1.41. The van der Waals surface area contributed by atoms with Crippen LogP contribution in [0.4, 0.5) is 4.79 Å². The maximum atomic E-state index is 8.33. The maximum Gasteiger partial charge on any atom is -0.0431 e. The van der Waals surface area contributed by atoms with Crippen LogP contribution >= 0.6 is 0 Å². The van der Waals surface area contributed by atoms with E-state index in [0.29, 0.717) is 0 Å². The number of carboxylic acid groups (broad SMARTS) is 2. The molecule has 0 amide bonds. The molecule has 0 aromatic heterocycles. The molecule has 0 heterocycles. The maximum absolute atomic E-state index is 8.33. The second kappa shape index (κ2) is 8.89. The SMILES string of the molecule is NO.O=C([O-])[O-]. The lowest BCUT2D eigenvalue weighted by Gasteiger charge is -1.96. The summed E-state index contributed by atoms with van der Waals surface area (Å²) in [6.07, 6.45) is -2.33. The molecule has 0 saturated heterocycles. The number of carbonyl (C=O) groups excluding carboxylic acids is 1. The van der Waals surface area contributed by atoms with Gasteiger partial charge in [0.05, 0.1) is 0 Å². The first-order valence-corrected chi connectivity index (χ1v) is 0.871. The van der Waals surface area contributed by atoms with E-state index in [1.807, 2.05) is 0 Å². The molecule has 0 unspecified atom stereocenters. The van der Waals surface area contributed by atoms with Crippen LogP contribution < -0.4 is 16.1 Å². The van der Waals surface area contributed by atoms with Gasteiger partial charge < -0.3 is 20.2 Å². The molecular weight excluding hydrogens is 90.0 g/mol. The van der Waals surface area contributed by atoms with E-state index in [4.69, 9.17) is 20.2 Å². The number of carbonyl (C=O) groups is 1. The minimum Gasteiger partial charge on any atom is -0.652 e. The Balaban J connectivity index is 0. The third-order valence-corrected chi connectivity index (χ3v) is 0. The molecule has 0 radical (unpaired) electrons. The van der Waals surface area contributed by atoms with Crippen LogP contribution in [-0.2, 0) is 0 Å². The van der Waals surface area contributed by atoms with Crippen LogP contribution in [0.25, 0.3) is 0 Å². The van der Waals surface area contributed by atoms with Gasteiger partial charge in [0.1, 0.15) is 0 Å². The summed E-state index contributed by atoms with van der Waals surface area (Å²) in [5, 5.41) is 23.2. The van der Waals surface area contributed by atoms with Crippen LogP contribution in [0.2, 0.25) is 0 Å². The molecule has 0 bridgehead atoms. The van der Waals surface area contributed by atoms with Crippen molar-refractivity contribution in [2.75, 3.05) is 0 Å². The van der Waals surface area contributed by atoms with Crippen molar-refractivity contribution in [3.63, 3.8) is 0 Å². The topological polar surface area (TPSA) is 109 Å². The molecule has 0 aromatic carbocycles. The highest BCUT2D eigenvalue weighted by molar-refractivity contribution is 5.47. The summed E-state index contributed by atoms with van der Waals surface area (Å²) >= 11 is 0. The van der Waals surface area contributed by atoms with Gasteiger partial charge in [-0.25, -0.2) is 5.90 Å². The van der Waals surface area contributed by atoms with E-state index in [-0.39, 0.29) is 0 Å². The third-order valence-electron chi connectivity index (χ3n) is 0. The van der Waals surface area contributed by atoms with Crippen LogP contribution in [0.1, 0.15) is 0 Å². The quantitative estimate of drug-likeness (QED) is 0.308. The van der Waals surface area contributed by atoms with Crippen LogP contribution in [-0.4, -0.2) is 11.4 Å². The fourth-order valence-corrected chi connectivity index (χ4v) is 0. The molecule has 0 rings (SSSR count). The van der Waals surface area contributed by atoms with Crippen LogP contribution in [0, 0.1) is 0 Å². The highest BCUT2D eigenvalue weighted by atomic mass is 16.6. The monoisotopic (exact) mass is 93.0 g/mol. The van der Waals surface area contributed by atoms with E-state index in [9.17, 15) is 0 Å². The number of hydrogen-bond acceptors (Lipinski definition) is 5. The number of rotatable bonds is 0. The Morgan fingerprint density at radius 2 is 1.50 bits per heavy atom. The molecule has 3 N–H and O–H groups in total. The Bertz CT molecular complexity index is 30.5. The molecular formula is CH3NO4-2. The first-order chi connectivity index (χ1) is 2.73. The Morgan fingerprint density at radius 3 is 1.50 bits per heavy atom. The van der Waals surface area contributed by atoms with Gasteiger partial charge in [-0.1, -0.05) is 0 Å². The van der Waals surface area contributed by atoms with Gasteiger partial charge in [0.15, 0.2) is 0 Å². The van der Waals surface area contributed by atoms with Crippen LogP contribution in [0.3, 0.4) is 0 Å². The zero-order chi connectivity index (χ0) is 5.58. The molecule has 6 heavy (non-hydrogen) atoms. The van der Waals surface area contributed by atoms with Gasteiger partial charge in [-0.2, -0.15) is 0 Å². The summed E-state index contributed by atoms with van der Waals surface area (Å²) in [5.41, 5.74) is 0. The molecule has 0 aromatic rings. The van der Waals surface area contributed by atoms with Crippen molar-refractivity contribution >= 4 is 6.16 Å². The summed E-state index contributed by atoms with van der Waals surface area (Å²) in [6, 6.07) is 0. The highest BCUT2D eigenvalue weighted by Crippen LogP contribution is 1.21. The lowest BCUT2D eigenvalue weighted by atomic mass is 11.5. The minimum atomic E-state index is -2.33. The van der Waals surface area contributed by atoms with Gasteiger partial charge in [-0.3, -0.25) is 0 Å². The molecule has 38 valence electrons. The predicted octanol–water partition coefficient (Wildman–Crippen LogP) is -3.11. The molecule has 0 aliphatic carbocycles. The van der Waals surface area contributed by atoms with Gasteiger partial charge in [-0.05, 0) is 6.16 Å². The van der Waals surface area contributed by atoms with E-state index in [0.717, 1.165) is 0 Å². The Hall–Kier alpha value is -0.810. The summed E-state index contributed by atoms with van der Waals surface area (Å²) in [5.74, 6) is 3.50. The van der Waals surface area contributed by atoms with Crippen molar-refractivity contribution in [2.24, 2.45) is 5.90 Å². The van der Waals surface area contributed by atoms with E-state index in [1.165, 1.54) is 0 Å². The van der Waals surface area contributed by atoms with Crippen molar-refractivity contribution < 1.29 is 20.2 Å². The Labute approximate surface area is 33.6 Å². The molecule has 5 nitrogen and oxygen atoms in total. The van der Waals surface area contributed by atoms with Crippen LogP contribution in [0.5, 0.6) is 0 Å². The summed E-state index contributed by atoms with van der Waals surface area (Å²) < 4.78 is 0. The zero-order valence-corrected chi connectivity index (χ0v) is 2.75. The first-order valence-electron chi connectivity index (χ1n) is 0.871. The van der Waals surface area contributed by atoms with E-state index in [1.54, 1.807) is 0 Å². The number of hydrogen-bond donors (Lipinski definition) is 2. The fourth-order valence-electron chi connectivity index (χ4n) is 0. The van der Waals surface area contributed by atoms with E-state index < -0.39 is 6.16 Å². The van der Waals surface area contributed by atoms with Gasteiger partial charge in [0, 0.05) is 0 Å². The molecule has 5 heteroatoms. The molecule has 0 saturated carbocycles. The largest absolute Gasteiger partial charge is 0.652 e. The van der Waals surface area contributed by atoms with Crippen molar-refractivity contribution in [1.29, 1.82) is 0 Å². The van der Waals surface area contributed by atoms with Crippen molar-refractivity contribution in [1.82, 2.24) is 0 Å². The standard InChI is InChI=1S/CH2O3.H3NO/c2-1(3)4;1-2/h(H2,2,3,4);2H,1H2/p-2. The molecule has 0 spiro atoms. The van der Waals surface area contributed by atoms with Gasteiger partial charge in [0.25, 0.3) is 0 Å². The molecule has 0 aliphatic heterocycles. The summed E-state index contributed by atoms with van der Waals surface area (Å²) in [6.45, 7) is 0. The fraction of sp³-hybridized carbons (Fsp3) is 0. The second-order valence-corrected chi connectivity index (χ2v) is 0.250. The zero-order valence-electron chi connectivity index (χ0n) is 2.75. The highest BCUT2D eigenvalue weighted by Gasteiger charge is 1.26.